The number of likely N-dealkylation sites (N-methyl/N-ethyl adjacent to an activating group) is 1. The van der Waals surface area contributed by atoms with Crippen molar-refractivity contribution in [1.29, 1.82) is 0 Å². The van der Waals surface area contributed by atoms with Gasteiger partial charge in [0.05, 0.1) is 6.20 Å². The molecule has 0 saturated heterocycles. The maximum Gasteiger partial charge on any atom is 0.0522 e. The first kappa shape index (κ1) is 14.2. The van der Waals surface area contributed by atoms with Crippen molar-refractivity contribution >= 4 is 0 Å². The largest absolute Gasteiger partial charge is 0.314 e. The predicted octanol–water partition coefficient (Wildman–Crippen LogP) is 2.86. The molecule has 0 aromatic carbocycles. The van der Waals surface area contributed by atoms with E-state index >= 15 is 0 Å². The molecule has 1 heterocycles. The average molecular weight is 237 g/mol. The zero-order chi connectivity index (χ0) is 12.9. The van der Waals surface area contributed by atoms with Gasteiger partial charge in [-0.3, -0.25) is 4.68 Å². The van der Waals surface area contributed by atoms with E-state index in [9.17, 15) is 0 Å². The Morgan fingerprint density at radius 2 is 2.06 bits per heavy atom. The van der Waals surface area contributed by atoms with Crippen molar-refractivity contribution in [3.8, 4) is 0 Å². The van der Waals surface area contributed by atoms with Crippen molar-refractivity contribution < 1.29 is 0 Å². The van der Waals surface area contributed by atoms with Crippen molar-refractivity contribution in [2.24, 2.45) is 5.41 Å². The second kappa shape index (κ2) is 6.20. The lowest BCUT2D eigenvalue weighted by atomic mass is 9.86. The van der Waals surface area contributed by atoms with Gasteiger partial charge in [0.1, 0.15) is 0 Å². The average Bonchev–Trinajstić information content (AvgIpc) is 2.63. The molecule has 1 aromatic rings. The monoisotopic (exact) mass is 237 g/mol. The maximum absolute atomic E-state index is 4.33. The number of hydrogen-bond donors (Lipinski definition) is 1. The molecule has 1 rings (SSSR count). The van der Waals surface area contributed by atoms with Gasteiger partial charge >= 0.3 is 0 Å². The van der Waals surface area contributed by atoms with Crippen LogP contribution in [0.15, 0.2) is 12.4 Å². The second-order valence-corrected chi connectivity index (χ2v) is 5.93. The molecule has 0 aliphatic heterocycles. The van der Waals surface area contributed by atoms with Crippen molar-refractivity contribution in [3.05, 3.63) is 18.0 Å². The van der Waals surface area contributed by atoms with E-state index in [0.29, 0.717) is 11.5 Å². The van der Waals surface area contributed by atoms with E-state index < -0.39 is 0 Å². The fraction of sp³-hybridized carbons (Fsp3) is 0.786. The van der Waals surface area contributed by atoms with Crippen LogP contribution in [0, 0.1) is 5.41 Å². The standard InChI is InChI=1S/C14H27N3/c1-6-15-13(9-14(3,4)5)8-12-10-16-17(7-2)11-12/h10-11,13,15H,6-9H2,1-5H3. The Kier molecular flexibility index (Phi) is 5.19. The van der Waals surface area contributed by atoms with E-state index in [0.717, 1.165) is 19.5 Å². The number of aromatic nitrogens is 2. The molecule has 1 unspecified atom stereocenters. The summed E-state index contributed by atoms with van der Waals surface area (Å²) in [4.78, 5) is 0. The summed E-state index contributed by atoms with van der Waals surface area (Å²) in [5, 5.41) is 7.91. The van der Waals surface area contributed by atoms with Crippen LogP contribution in [0.3, 0.4) is 0 Å². The molecule has 17 heavy (non-hydrogen) atoms. The first-order valence-corrected chi connectivity index (χ1v) is 6.69. The van der Waals surface area contributed by atoms with Crippen LogP contribution in [0.2, 0.25) is 0 Å². The van der Waals surface area contributed by atoms with Gasteiger partial charge in [0.15, 0.2) is 0 Å². The third-order valence-corrected chi connectivity index (χ3v) is 2.84. The molecular formula is C14H27N3. The summed E-state index contributed by atoms with van der Waals surface area (Å²) >= 11 is 0. The van der Waals surface area contributed by atoms with Gasteiger partial charge in [0, 0.05) is 18.8 Å². The Hall–Kier alpha value is -0.830. The number of nitrogens with one attached hydrogen (secondary N) is 1. The lowest BCUT2D eigenvalue weighted by molar-refractivity contribution is 0.309. The fourth-order valence-corrected chi connectivity index (χ4v) is 2.21. The van der Waals surface area contributed by atoms with Gasteiger partial charge in [-0.05, 0) is 37.3 Å². The summed E-state index contributed by atoms with van der Waals surface area (Å²) in [6, 6.07) is 0.550. The number of nitrogens with zero attached hydrogens (tertiary/aromatic N) is 2. The topological polar surface area (TPSA) is 29.9 Å². The Morgan fingerprint density at radius 1 is 1.35 bits per heavy atom. The first-order chi connectivity index (χ1) is 7.94. The van der Waals surface area contributed by atoms with E-state index in [2.05, 4.69) is 51.2 Å². The minimum Gasteiger partial charge on any atom is -0.314 e. The highest BCUT2D eigenvalue weighted by Crippen LogP contribution is 2.22. The number of aryl methyl sites for hydroxylation is 1. The molecule has 0 aliphatic rings. The number of hydrogen-bond acceptors (Lipinski definition) is 2. The zero-order valence-corrected chi connectivity index (χ0v) is 12.0. The van der Waals surface area contributed by atoms with Gasteiger partial charge < -0.3 is 5.32 Å². The number of rotatable bonds is 6. The molecule has 0 aliphatic carbocycles. The lowest BCUT2D eigenvalue weighted by Crippen LogP contribution is -2.34. The van der Waals surface area contributed by atoms with E-state index in [1.165, 1.54) is 12.0 Å². The third kappa shape index (κ3) is 5.35. The van der Waals surface area contributed by atoms with Crippen molar-refractivity contribution in [1.82, 2.24) is 15.1 Å². The van der Waals surface area contributed by atoms with E-state index in [-0.39, 0.29) is 0 Å². The quantitative estimate of drug-likeness (QED) is 0.824. The molecule has 0 radical (unpaired) electrons. The summed E-state index contributed by atoms with van der Waals surface area (Å²) in [6.45, 7) is 13.2. The smallest absolute Gasteiger partial charge is 0.0522 e. The van der Waals surface area contributed by atoms with E-state index in [1.807, 2.05) is 10.9 Å². The van der Waals surface area contributed by atoms with Gasteiger partial charge in [-0.1, -0.05) is 27.7 Å². The van der Waals surface area contributed by atoms with Crippen LogP contribution in [0.5, 0.6) is 0 Å². The minimum absolute atomic E-state index is 0.369. The van der Waals surface area contributed by atoms with Gasteiger partial charge in [-0.2, -0.15) is 5.10 Å². The lowest BCUT2D eigenvalue weighted by Gasteiger charge is -2.26. The van der Waals surface area contributed by atoms with Gasteiger partial charge in [0.25, 0.3) is 0 Å². The highest BCUT2D eigenvalue weighted by atomic mass is 15.3. The van der Waals surface area contributed by atoms with Crippen molar-refractivity contribution in [2.45, 2.75) is 60.0 Å². The molecule has 0 bridgehead atoms. The summed E-state index contributed by atoms with van der Waals surface area (Å²) in [5.74, 6) is 0. The molecule has 0 fully saturated rings. The molecule has 0 amide bonds. The molecule has 1 N–H and O–H groups in total. The Labute approximate surface area is 106 Å². The Morgan fingerprint density at radius 3 is 2.53 bits per heavy atom. The Balaban J connectivity index is 2.59. The molecule has 98 valence electrons. The van der Waals surface area contributed by atoms with Crippen LogP contribution in [-0.4, -0.2) is 22.4 Å². The minimum atomic E-state index is 0.369. The second-order valence-electron chi connectivity index (χ2n) is 5.93. The predicted molar refractivity (Wildman–Crippen MR) is 73.1 cm³/mol. The van der Waals surface area contributed by atoms with Gasteiger partial charge in [-0.25, -0.2) is 0 Å². The van der Waals surface area contributed by atoms with E-state index in [1.54, 1.807) is 0 Å². The van der Waals surface area contributed by atoms with Crippen LogP contribution >= 0.6 is 0 Å². The van der Waals surface area contributed by atoms with Crippen LogP contribution in [0.4, 0.5) is 0 Å². The SMILES string of the molecule is CCNC(Cc1cnn(CC)c1)CC(C)(C)C. The zero-order valence-electron chi connectivity index (χ0n) is 12.0. The first-order valence-electron chi connectivity index (χ1n) is 6.69. The fourth-order valence-electron chi connectivity index (χ4n) is 2.21. The summed E-state index contributed by atoms with van der Waals surface area (Å²) in [5.41, 5.74) is 1.70. The highest BCUT2D eigenvalue weighted by Gasteiger charge is 2.18. The van der Waals surface area contributed by atoms with Crippen LogP contribution in [-0.2, 0) is 13.0 Å². The van der Waals surface area contributed by atoms with E-state index in [4.69, 9.17) is 0 Å². The summed E-state index contributed by atoms with van der Waals surface area (Å²) in [7, 11) is 0. The molecule has 1 atom stereocenters. The van der Waals surface area contributed by atoms with Crippen LogP contribution in [0.25, 0.3) is 0 Å². The third-order valence-electron chi connectivity index (χ3n) is 2.84. The highest BCUT2D eigenvalue weighted by molar-refractivity contribution is 5.06. The molecule has 3 heteroatoms. The molecule has 1 aromatic heterocycles. The van der Waals surface area contributed by atoms with Gasteiger partial charge in [-0.15, -0.1) is 0 Å². The van der Waals surface area contributed by atoms with Crippen molar-refractivity contribution in [2.75, 3.05) is 6.54 Å². The molecular weight excluding hydrogens is 210 g/mol. The maximum atomic E-state index is 4.33. The van der Waals surface area contributed by atoms with Crippen molar-refractivity contribution in [3.63, 3.8) is 0 Å². The molecule has 0 spiro atoms. The van der Waals surface area contributed by atoms with Crippen LogP contribution < -0.4 is 5.32 Å². The van der Waals surface area contributed by atoms with Crippen LogP contribution in [0.1, 0.15) is 46.6 Å². The van der Waals surface area contributed by atoms with Gasteiger partial charge in [0.2, 0.25) is 0 Å². The molecule has 0 saturated carbocycles. The summed E-state index contributed by atoms with van der Waals surface area (Å²) < 4.78 is 2.00. The Bertz CT molecular complexity index is 322. The molecule has 3 nitrogen and oxygen atoms in total. The summed E-state index contributed by atoms with van der Waals surface area (Å²) in [6.07, 6.45) is 6.42. The normalized spacial score (nSPS) is 13.9.